The number of hydrogen-bond acceptors (Lipinski definition) is 7. The molecule has 4 aromatic rings. The lowest BCUT2D eigenvalue weighted by molar-refractivity contribution is -0.118. The number of rotatable bonds is 11. The molecule has 3 aromatic heterocycles. The Kier molecular flexibility index (Phi) is 7.00. The standard InChI is InChI=1S/C22H25N7O2S/c1-2-15(30)6-4-3-5-7-17(26-22(31)20-12-23-13-32-20)21-24-11-19(25-21)14-8-9-16-18(10-14)28-29-27-16/h8-13,17H,2-7H2,1H3,(H,24,25)(H,26,31)(H,27,28,29)/t17-/m0/s1. The van der Waals surface area contributed by atoms with Crippen molar-refractivity contribution in [1.29, 1.82) is 0 Å². The first-order valence-corrected chi connectivity index (χ1v) is 11.6. The number of fused-ring (bicyclic) bond motifs is 1. The molecule has 3 N–H and O–H groups in total. The highest BCUT2D eigenvalue weighted by atomic mass is 32.1. The Hall–Kier alpha value is -3.40. The monoisotopic (exact) mass is 451 g/mol. The van der Waals surface area contributed by atoms with Crippen molar-refractivity contribution in [2.75, 3.05) is 0 Å². The van der Waals surface area contributed by atoms with Gasteiger partial charge in [0.25, 0.3) is 5.91 Å². The minimum absolute atomic E-state index is 0.166. The summed E-state index contributed by atoms with van der Waals surface area (Å²) in [6.45, 7) is 1.89. The molecule has 1 amide bonds. The number of amides is 1. The van der Waals surface area contributed by atoms with E-state index in [1.54, 1.807) is 17.9 Å². The maximum absolute atomic E-state index is 12.7. The molecule has 32 heavy (non-hydrogen) atoms. The molecule has 0 fully saturated rings. The summed E-state index contributed by atoms with van der Waals surface area (Å²) < 4.78 is 0. The molecule has 0 radical (unpaired) electrons. The molecule has 0 aliphatic heterocycles. The van der Waals surface area contributed by atoms with Crippen LogP contribution in [0.15, 0.2) is 36.1 Å². The highest BCUT2D eigenvalue weighted by Crippen LogP contribution is 2.25. The number of thiazole rings is 1. The van der Waals surface area contributed by atoms with Crippen molar-refractivity contribution >= 4 is 34.1 Å². The fourth-order valence-electron chi connectivity index (χ4n) is 3.53. The molecule has 9 nitrogen and oxygen atoms in total. The fraction of sp³-hybridized carbons (Fsp3) is 0.364. The largest absolute Gasteiger partial charge is 0.341 e. The molecular weight excluding hydrogens is 426 g/mol. The van der Waals surface area contributed by atoms with Crippen molar-refractivity contribution < 1.29 is 9.59 Å². The van der Waals surface area contributed by atoms with Crippen LogP contribution in [0.25, 0.3) is 22.3 Å². The number of imidazole rings is 1. The van der Waals surface area contributed by atoms with E-state index in [0.717, 1.165) is 48.0 Å². The molecule has 1 atom stereocenters. The average Bonchev–Trinajstić information content (AvgIpc) is 3.58. The normalized spacial score (nSPS) is 12.2. The first-order chi connectivity index (χ1) is 15.6. The van der Waals surface area contributed by atoms with Gasteiger partial charge in [0.05, 0.1) is 29.6 Å². The number of carbonyl (C=O) groups excluding carboxylic acids is 2. The Labute approximate surface area is 189 Å². The van der Waals surface area contributed by atoms with Crippen LogP contribution in [0.2, 0.25) is 0 Å². The van der Waals surface area contributed by atoms with Gasteiger partial charge >= 0.3 is 0 Å². The summed E-state index contributed by atoms with van der Waals surface area (Å²) in [6, 6.07) is 5.52. The van der Waals surface area contributed by atoms with E-state index in [9.17, 15) is 9.59 Å². The number of benzene rings is 1. The molecule has 0 aliphatic carbocycles. The molecule has 0 aliphatic rings. The Balaban J connectivity index is 1.47. The predicted molar refractivity (Wildman–Crippen MR) is 122 cm³/mol. The van der Waals surface area contributed by atoms with E-state index < -0.39 is 0 Å². The molecule has 0 saturated heterocycles. The zero-order valence-electron chi connectivity index (χ0n) is 17.8. The second-order valence-corrected chi connectivity index (χ2v) is 8.48. The molecule has 0 spiro atoms. The van der Waals surface area contributed by atoms with E-state index in [4.69, 9.17) is 0 Å². The van der Waals surface area contributed by atoms with Gasteiger partial charge in [-0.05, 0) is 25.0 Å². The second kappa shape index (κ2) is 10.3. The first-order valence-electron chi connectivity index (χ1n) is 10.7. The number of unbranched alkanes of at least 4 members (excludes halogenated alkanes) is 2. The first kappa shape index (κ1) is 21.8. The van der Waals surface area contributed by atoms with Gasteiger partial charge in [-0.2, -0.15) is 15.4 Å². The molecule has 0 saturated carbocycles. The number of aromatic nitrogens is 6. The van der Waals surface area contributed by atoms with Gasteiger partial charge in [0.15, 0.2) is 0 Å². The summed E-state index contributed by atoms with van der Waals surface area (Å²) in [5, 5.41) is 13.9. The molecule has 3 heterocycles. The quantitative estimate of drug-likeness (QED) is 0.293. The third-order valence-electron chi connectivity index (χ3n) is 5.36. The third kappa shape index (κ3) is 5.25. The number of nitrogens with one attached hydrogen (secondary N) is 3. The van der Waals surface area contributed by atoms with E-state index in [1.807, 2.05) is 25.1 Å². The van der Waals surface area contributed by atoms with E-state index >= 15 is 0 Å². The van der Waals surface area contributed by atoms with Crippen molar-refractivity contribution in [3.63, 3.8) is 0 Å². The number of nitrogens with zero attached hydrogens (tertiary/aromatic N) is 4. The maximum atomic E-state index is 12.7. The lowest BCUT2D eigenvalue weighted by Crippen LogP contribution is -2.28. The highest BCUT2D eigenvalue weighted by Gasteiger charge is 2.20. The fourth-order valence-corrected chi connectivity index (χ4v) is 4.05. The third-order valence-corrected chi connectivity index (χ3v) is 6.13. The van der Waals surface area contributed by atoms with Crippen LogP contribution in [0, 0.1) is 0 Å². The Morgan fingerprint density at radius 1 is 1.12 bits per heavy atom. The van der Waals surface area contributed by atoms with Gasteiger partial charge in [0, 0.05) is 18.4 Å². The van der Waals surface area contributed by atoms with Crippen LogP contribution >= 0.6 is 11.3 Å². The van der Waals surface area contributed by atoms with Gasteiger partial charge in [0.2, 0.25) is 0 Å². The van der Waals surface area contributed by atoms with Crippen molar-refractivity contribution in [2.45, 2.75) is 51.5 Å². The number of hydrogen-bond donors (Lipinski definition) is 3. The van der Waals surface area contributed by atoms with Gasteiger partial charge in [-0.1, -0.05) is 25.8 Å². The van der Waals surface area contributed by atoms with E-state index in [2.05, 4.69) is 35.7 Å². The van der Waals surface area contributed by atoms with E-state index in [0.29, 0.717) is 29.3 Å². The summed E-state index contributed by atoms with van der Waals surface area (Å²) in [4.78, 5) is 36.6. The number of H-pyrrole nitrogens is 2. The van der Waals surface area contributed by atoms with E-state index in [-0.39, 0.29) is 11.9 Å². The van der Waals surface area contributed by atoms with Crippen LogP contribution in [0.4, 0.5) is 0 Å². The van der Waals surface area contributed by atoms with E-state index in [1.165, 1.54) is 11.3 Å². The predicted octanol–water partition coefficient (Wildman–Crippen LogP) is 4.21. The summed E-state index contributed by atoms with van der Waals surface area (Å²) in [7, 11) is 0. The second-order valence-electron chi connectivity index (χ2n) is 7.59. The summed E-state index contributed by atoms with van der Waals surface area (Å²) in [5.41, 5.74) is 4.99. The van der Waals surface area contributed by atoms with Gasteiger partial charge < -0.3 is 10.3 Å². The van der Waals surface area contributed by atoms with Gasteiger partial charge in [-0.15, -0.1) is 11.3 Å². The highest BCUT2D eigenvalue weighted by molar-refractivity contribution is 7.11. The molecule has 166 valence electrons. The Bertz CT molecular complexity index is 1180. The van der Waals surface area contributed by atoms with Gasteiger partial charge in [0.1, 0.15) is 27.5 Å². The Morgan fingerprint density at radius 2 is 2.00 bits per heavy atom. The maximum Gasteiger partial charge on any atom is 0.263 e. The topological polar surface area (TPSA) is 129 Å². The minimum atomic E-state index is -0.268. The lowest BCUT2D eigenvalue weighted by atomic mass is 10.0. The van der Waals surface area contributed by atoms with Crippen LogP contribution in [-0.4, -0.2) is 42.1 Å². The molecule has 10 heteroatoms. The molecule has 1 aromatic carbocycles. The van der Waals surface area contributed by atoms with Gasteiger partial charge in [-0.25, -0.2) is 4.98 Å². The van der Waals surface area contributed by atoms with Crippen molar-refractivity contribution in [1.82, 2.24) is 35.7 Å². The summed E-state index contributed by atoms with van der Waals surface area (Å²) in [6.07, 6.45) is 7.92. The number of Topliss-reactive ketones (excluding diaryl/α,β-unsaturated/α-hetero) is 1. The number of aromatic amines is 2. The zero-order valence-corrected chi connectivity index (χ0v) is 18.6. The molecule has 4 rings (SSSR count). The smallest absolute Gasteiger partial charge is 0.263 e. The lowest BCUT2D eigenvalue weighted by Gasteiger charge is -2.16. The molecular formula is C22H25N7O2S. The van der Waals surface area contributed by atoms with Crippen molar-refractivity contribution in [2.24, 2.45) is 0 Å². The van der Waals surface area contributed by atoms with Crippen molar-refractivity contribution in [3.05, 3.63) is 46.8 Å². The van der Waals surface area contributed by atoms with Crippen LogP contribution < -0.4 is 5.32 Å². The van der Waals surface area contributed by atoms with Crippen LogP contribution in [0.3, 0.4) is 0 Å². The zero-order chi connectivity index (χ0) is 22.3. The SMILES string of the molecule is CCC(=O)CCCCC[C@H](NC(=O)c1cncs1)c1ncc(-c2ccc3n[nH]nc3c2)[nH]1. The molecule has 0 bridgehead atoms. The summed E-state index contributed by atoms with van der Waals surface area (Å²) in [5.74, 6) is 0.822. The average molecular weight is 452 g/mol. The van der Waals surface area contributed by atoms with Crippen molar-refractivity contribution in [3.8, 4) is 11.3 Å². The number of carbonyl (C=O) groups is 2. The van der Waals surface area contributed by atoms with Crippen LogP contribution in [0.5, 0.6) is 0 Å². The summed E-state index contributed by atoms with van der Waals surface area (Å²) >= 11 is 1.30. The number of ketones is 1. The van der Waals surface area contributed by atoms with Gasteiger partial charge in [-0.3, -0.25) is 14.6 Å². The van der Waals surface area contributed by atoms with Crippen LogP contribution in [0.1, 0.15) is 67.0 Å². The molecule has 0 unspecified atom stereocenters. The van der Waals surface area contributed by atoms with Crippen LogP contribution in [-0.2, 0) is 4.79 Å². The Morgan fingerprint density at radius 3 is 2.81 bits per heavy atom. The minimum Gasteiger partial charge on any atom is -0.341 e.